The Kier molecular flexibility index (Phi) is 3.57. The lowest BCUT2D eigenvalue weighted by atomic mass is 10.1. The molecule has 2 amide bonds. The lowest BCUT2D eigenvalue weighted by molar-refractivity contribution is 0.249. The van der Waals surface area contributed by atoms with Crippen molar-refractivity contribution in [1.82, 2.24) is 15.5 Å². The van der Waals surface area contributed by atoms with Gasteiger partial charge in [-0.05, 0) is 25.5 Å². The molecular weight excluding hydrogens is 232 g/mol. The Hall–Kier alpha value is -2.37. The van der Waals surface area contributed by atoms with Crippen LogP contribution in [0.5, 0.6) is 0 Å². The third-order valence-electron chi connectivity index (χ3n) is 2.40. The van der Waals surface area contributed by atoms with E-state index in [0.29, 0.717) is 11.6 Å². The molecule has 0 aliphatic carbocycles. The number of urea groups is 1. The van der Waals surface area contributed by atoms with Crippen LogP contribution in [-0.4, -0.2) is 16.2 Å². The van der Waals surface area contributed by atoms with Crippen molar-refractivity contribution in [3.05, 3.63) is 41.9 Å². The number of anilines is 1. The number of carbonyl (C=O) groups excluding carboxylic acids is 1. The molecule has 0 bridgehead atoms. The third-order valence-corrected chi connectivity index (χ3v) is 2.40. The highest BCUT2D eigenvalue weighted by Crippen LogP contribution is 2.11. The number of amides is 2. The second-order valence-electron chi connectivity index (χ2n) is 3.93. The molecule has 6 heteroatoms. The van der Waals surface area contributed by atoms with Crippen LogP contribution in [0.2, 0.25) is 0 Å². The van der Waals surface area contributed by atoms with Gasteiger partial charge in [0.15, 0.2) is 5.82 Å². The van der Waals surface area contributed by atoms with E-state index >= 15 is 0 Å². The third kappa shape index (κ3) is 3.07. The average Bonchev–Trinajstić information content (AvgIpc) is 2.75. The molecule has 2 aromatic heterocycles. The molecule has 0 aliphatic heterocycles. The number of carbonyl (C=O) groups is 1. The van der Waals surface area contributed by atoms with Gasteiger partial charge >= 0.3 is 6.03 Å². The minimum atomic E-state index is -0.334. The number of hydrogen-bond donors (Lipinski definition) is 2. The smallest absolute Gasteiger partial charge is 0.320 e. The predicted octanol–water partition coefficient (Wildman–Crippen LogP) is 2.26. The van der Waals surface area contributed by atoms with Gasteiger partial charge in [0.1, 0.15) is 5.76 Å². The average molecular weight is 246 g/mol. The van der Waals surface area contributed by atoms with Crippen LogP contribution in [0.15, 0.2) is 35.1 Å². The van der Waals surface area contributed by atoms with Crippen LogP contribution in [-0.2, 0) is 0 Å². The number of nitrogens with one attached hydrogen (secondary N) is 2. The monoisotopic (exact) mass is 246 g/mol. The molecule has 0 saturated carbocycles. The van der Waals surface area contributed by atoms with Crippen molar-refractivity contribution in [2.24, 2.45) is 0 Å². The summed E-state index contributed by atoms with van der Waals surface area (Å²) in [4.78, 5) is 15.7. The summed E-state index contributed by atoms with van der Waals surface area (Å²) >= 11 is 0. The van der Waals surface area contributed by atoms with Crippen LogP contribution in [0, 0.1) is 6.92 Å². The summed E-state index contributed by atoms with van der Waals surface area (Å²) < 4.78 is 4.85. The van der Waals surface area contributed by atoms with Crippen molar-refractivity contribution in [3.63, 3.8) is 0 Å². The minimum Gasteiger partial charge on any atom is -0.360 e. The summed E-state index contributed by atoms with van der Waals surface area (Å²) in [6.45, 7) is 3.64. The first-order chi connectivity index (χ1) is 8.65. The van der Waals surface area contributed by atoms with Gasteiger partial charge in [-0.2, -0.15) is 0 Å². The van der Waals surface area contributed by atoms with Gasteiger partial charge in [0, 0.05) is 18.5 Å². The van der Waals surface area contributed by atoms with Crippen LogP contribution in [0.4, 0.5) is 10.6 Å². The molecule has 0 aromatic carbocycles. The fraction of sp³-hybridized carbons (Fsp3) is 0.250. The van der Waals surface area contributed by atoms with Gasteiger partial charge in [-0.15, -0.1) is 0 Å². The fourth-order valence-electron chi connectivity index (χ4n) is 1.49. The zero-order chi connectivity index (χ0) is 13.0. The maximum atomic E-state index is 11.7. The fourth-order valence-corrected chi connectivity index (χ4v) is 1.49. The topological polar surface area (TPSA) is 80.0 Å². The van der Waals surface area contributed by atoms with Crippen molar-refractivity contribution in [1.29, 1.82) is 0 Å². The van der Waals surface area contributed by atoms with Gasteiger partial charge in [0.05, 0.1) is 6.04 Å². The maximum absolute atomic E-state index is 11.7. The first kappa shape index (κ1) is 12.1. The van der Waals surface area contributed by atoms with Crippen LogP contribution >= 0.6 is 0 Å². The van der Waals surface area contributed by atoms with Crippen LogP contribution < -0.4 is 10.6 Å². The summed E-state index contributed by atoms with van der Waals surface area (Å²) in [5.74, 6) is 1.04. The highest BCUT2D eigenvalue weighted by Gasteiger charge is 2.10. The number of hydrogen-bond acceptors (Lipinski definition) is 4. The molecule has 2 rings (SSSR count). The van der Waals surface area contributed by atoms with E-state index in [2.05, 4.69) is 20.8 Å². The van der Waals surface area contributed by atoms with Gasteiger partial charge in [0.25, 0.3) is 0 Å². The SMILES string of the molecule is Cc1cc(NC(=O)N[C@@H](C)c2cccnc2)no1. The molecule has 2 aromatic rings. The normalized spacial score (nSPS) is 11.9. The van der Waals surface area contributed by atoms with Gasteiger partial charge in [-0.1, -0.05) is 11.2 Å². The zero-order valence-electron chi connectivity index (χ0n) is 10.2. The van der Waals surface area contributed by atoms with Gasteiger partial charge in [-0.3, -0.25) is 10.3 Å². The molecule has 2 heterocycles. The Morgan fingerprint density at radius 2 is 2.33 bits per heavy atom. The molecule has 94 valence electrons. The maximum Gasteiger partial charge on any atom is 0.320 e. The van der Waals surface area contributed by atoms with E-state index in [4.69, 9.17) is 4.52 Å². The van der Waals surface area contributed by atoms with Crippen molar-refractivity contribution in [2.45, 2.75) is 19.9 Å². The zero-order valence-corrected chi connectivity index (χ0v) is 10.2. The van der Waals surface area contributed by atoms with Crippen molar-refractivity contribution in [2.75, 3.05) is 5.32 Å². The molecule has 0 unspecified atom stereocenters. The number of aromatic nitrogens is 2. The van der Waals surface area contributed by atoms with E-state index in [1.807, 2.05) is 19.1 Å². The van der Waals surface area contributed by atoms with Crippen molar-refractivity contribution in [3.8, 4) is 0 Å². The first-order valence-corrected chi connectivity index (χ1v) is 5.56. The highest BCUT2D eigenvalue weighted by atomic mass is 16.5. The lowest BCUT2D eigenvalue weighted by Gasteiger charge is -2.13. The summed E-state index contributed by atoms with van der Waals surface area (Å²) in [6, 6.07) is 4.91. The Balaban J connectivity index is 1.92. The van der Waals surface area contributed by atoms with E-state index in [1.54, 1.807) is 25.4 Å². The Labute approximate surface area is 104 Å². The van der Waals surface area contributed by atoms with Crippen LogP contribution in [0.3, 0.4) is 0 Å². The summed E-state index contributed by atoms with van der Waals surface area (Å²) in [5, 5.41) is 9.05. The standard InChI is InChI=1S/C12H14N4O2/c1-8-6-11(16-18-8)15-12(17)14-9(2)10-4-3-5-13-7-10/h3-7,9H,1-2H3,(H2,14,15,16,17)/t9-/m0/s1. The number of rotatable bonds is 3. The molecule has 0 spiro atoms. The van der Waals surface area contributed by atoms with Crippen LogP contribution in [0.1, 0.15) is 24.3 Å². The molecule has 18 heavy (non-hydrogen) atoms. The molecule has 1 atom stereocenters. The van der Waals surface area contributed by atoms with Gasteiger partial charge in [-0.25, -0.2) is 4.79 Å². The summed E-state index contributed by atoms with van der Waals surface area (Å²) in [7, 11) is 0. The van der Waals surface area contributed by atoms with E-state index < -0.39 is 0 Å². The van der Waals surface area contributed by atoms with Crippen LogP contribution in [0.25, 0.3) is 0 Å². The molecule has 0 radical (unpaired) electrons. The molecule has 0 fully saturated rings. The second kappa shape index (κ2) is 5.31. The van der Waals surface area contributed by atoms with E-state index in [-0.39, 0.29) is 12.1 Å². The molecule has 0 aliphatic rings. The Morgan fingerprint density at radius 1 is 1.50 bits per heavy atom. The lowest BCUT2D eigenvalue weighted by Crippen LogP contribution is -2.31. The van der Waals surface area contributed by atoms with E-state index in [0.717, 1.165) is 5.56 Å². The quantitative estimate of drug-likeness (QED) is 0.870. The van der Waals surface area contributed by atoms with Gasteiger partial charge in [0.2, 0.25) is 0 Å². The second-order valence-corrected chi connectivity index (χ2v) is 3.93. The summed E-state index contributed by atoms with van der Waals surface area (Å²) in [5.41, 5.74) is 0.934. The highest BCUT2D eigenvalue weighted by molar-refractivity contribution is 5.88. The van der Waals surface area contributed by atoms with E-state index in [1.165, 1.54) is 0 Å². The van der Waals surface area contributed by atoms with Crippen molar-refractivity contribution < 1.29 is 9.32 Å². The van der Waals surface area contributed by atoms with E-state index in [9.17, 15) is 4.79 Å². The number of nitrogens with zero attached hydrogens (tertiary/aromatic N) is 2. The van der Waals surface area contributed by atoms with Crippen molar-refractivity contribution >= 4 is 11.8 Å². The Morgan fingerprint density at radius 3 is 2.94 bits per heavy atom. The number of pyridine rings is 1. The molecular formula is C12H14N4O2. The number of aryl methyl sites for hydroxylation is 1. The molecule has 6 nitrogen and oxygen atoms in total. The van der Waals surface area contributed by atoms with Gasteiger partial charge < -0.3 is 9.84 Å². The first-order valence-electron chi connectivity index (χ1n) is 5.56. The predicted molar refractivity (Wildman–Crippen MR) is 66.0 cm³/mol. The molecule has 2 N–H and O–H groups in total. The largest absolute Gasteiger partial charge is 0.360 e. The minimum absolute atomic E-state index is 0.133. The summed E-state index contributed by atoms with van der Waals surface area (Å²) in [6.07, 6.45) is 3.40. The Bertz CT molecular complexity index is 524. The molecule has 0 saturated heterocycles.